The first-order valence-electron chi connectivity index (χ1n) is 7.85. The summed E-state index contributed by atoms with van der Waals surface area (Å²) in [5.41, 5.74) is -0.578. The van der Waals surface area contributed by atoms with Crippen molar-refractivity contribution < 1.29 is 32.2 Å². The molecule has 0 aliphatic carbocycles. The summed E-state index contributed by atoms with van der Waals surface area (Å²) in [5.74, 6) is -0.269. The van der Waals surface area contributed by atoms with Gasteiger partial charge in [-0.05, 0) is 31.5 Å². The van der Waals surface area contributed by atoms with Crippen LogP contribution in [0.3, 0.4) is 0 Å². The molecular weight excluding hydrogens is 350 g/mol. The number of sulfone groups is 1. The van der Waals surface area contributed by atoms with E-state index in [0.717, 1.165) is 0 Å². The van der Waals surface area contributed by atoms with Gasteiger partial charge in [-0.2, -0.15) is 0 Å². The van der Waals surface area contributed by atoms with Gasteiger partial charge in [0.25, 0.3) is 5.91 Å². The molecule has 1 N–H and O–H groups in total. The molecule has 3 rings (SSSR count). The van der Waals surface area contributed by atoms with E-state index in [1.807, 2.05) is 0 Å². The Hall–Kier alpha value is -2.29. The van der Waals surface area contributed by atoms with Crippen LogP contribution in [0, 0.1) is 0 Å². The zero-order chi connectivity index (χ0) is 18.1. The molecule has 2 heterocycles. The van der Waals surface area contributed by atoms with Gasteiger partial charge in [0.05, 0.1) is 22.6 Å². The Kier molecular flexibility index (Phi) is 4.59. The van der Waals surface area contributed by atoms with Crippen LogP contribution >= 0.6 is 0 Å². The minimum atomic E-state index is -3.13. The minimum absolute atomic E-state index is 0.0424. The molecule has 0 unspecified atom stereocenters. The monoisotopic (exact) mass is 369 g/mol. The van der Waals surface area contributed by atoms with Crippen LogP contribution in [0.5, 0.6) is 11.5 Å². The van der Waals surface area contributed by atoms with Crippen molar-refractivity contribution >= 4 is 21.7 Å². The molecule has 1 atom stereocenters. The van der Waals surface area contributed by atoms with E-state index in [4.69, 9.17) is 14.2 Å². The number of ether oxygens (including phenoxy) is 3. The van der Waals surface area contributed by atoms with Gasteiger partial charge in [0, 0.05) is 0 Å². The van der Waals surface area contributed by atoms with Gasteiger partial charge >= 0.3 is 5.97 Å². The molecule has 0 spiro atoms. The normalized spacial score (nSPS) is 23.7. The Morgan fingerprint density at radius 1 is 1.24 bits per heavy atom. The quantitative estimate of drug-likeness (QED) is 0.761. The summed E-state index contributed by atoms with van der Waals surface area (Å²) in [6.07, 6.45) is 0.344. The molecule has 1 aromatic carbocycles. The Bertz CT molecular complexity index is 805. The molecule has 8 nitrogen and oxygen atoms in total. The van der Waals surface area contributed by atoms with Gasteiger partial charge in [-0.1, -0.05) is 0 Å². The van der Waals surface area contributed by atoms with Crippen LogP contribution in [0.1, 0.15) is 23.7 Å². The van der Waals surface area contributed by atoms with Crippen molar-refractivity contribution in [1.82, 2.24) is 5.32 Å². The topological polar surface area (TPSA) is 108 Å². The summed E-state index contributed by atoms with van der Waals surface area (Å²) in [5, 5.41) is 2.63. The van der Waals surface area contributed by atoms with Crippen molar-refractivity contribution in [2.24, 2.45) is 0 Å². The van der Waals surface area contributed by atoms with E-state index in [1.165, 1.54) is 12.1 Å². The number of carbonyl (C=O) groups is 2. The van der Waals surface area contributed by atoms with Crippen LogP contribution in [0.25, 0.3) is 0 Å². The third-order valence-electron chi connectivity index (χ3n) is 4.06. The average molecular weight is 369 g/mol. The van der Waals surface area contributed by atoms with E-state index in [2.05, 4.69) is 5.32 Å². The van der Waals surface area contributed by atoms with E-state index in [9.17, 15) is 18.0 Å². The van der Waals surface area contributed by atoms with Gasteiger partial charge in [-0.3, -0.25) is 4.79 Å². The molecule has 0 aromatic heterocycles. The van der Waals surface area contributed by atoms with E-state index in [1.54, 1.807) is 13.0 Å². The Morgan fingerprint density at radius 3 is 2.64 bits per heavy atom. The average Bonchev–Trinajstić information content (AvgIpc) is 2.85. The predicted molar refractivity (Wildman–Crippen MR) is 87.5 cm³/mol. The van der Waals surface area contributed by atoms with E-state index in [-0.39, 0.29) is 17.1 Å². The van der Waals surface area contributed by atoms with E-state index < -0.39 is 33.9 Å². The number of hydrogen-bond acceptors (Lipinski definition) is 7. The maximum absolute atomic E-state index is 12.1. The zero-order valence-electron chi connectivity index (χ0n) is 13.7. The molecule has 2 aliphatic rings. The Morgan fingerprint density at radius 2 is 1.96 bits per heavy atom. The first-order valence-corrected chi connectivity index (χ1v) is 9.67. The number of amides is 1. The van der Waals surface area contributed by atoms with Crippen molar-refractivity contribution in [3.63, 3.8) is 0 Å². The summed E-state index contributed by atoms with van der Waals surface area (Å²) in [4.78, 5) is 24.0. The zero-order valence-corrected chi connectivity index (χ0v) is 14.6. The van der Waals surface area contributed by atoms with Crippen molar-refractivity contribution in [3.8, 4) is 11.5 Å². The van der Waals surface area contributed by atoms with Crippen LogP contribution in [0.4, 0.5) is 0 Å². The van der Waals surface area contributed by atoms with E-state index >= 15 is 0 Å². The number of nitrogens with one attached hydrogen (secondary N) is 1. The molecule has 2 aliphatic heterocycles. The lowest BCUT2D eigenvalue weighted by atomic mass is 10.0. The summed E-state index contributed by atoms with van der Waals surface area (Å²) in [6, 6.07) is 4.63. The van der Waals surface area contributed by atoms with Crippen molar-refractivity contribution in [1.29, 1.82) is 0 Å². The molecule has 0 bridgehead atoms. The summed E-state index contributed by atoms with van der Waals surface area (Å²) >= 11 is 0. The number of esters is 1. The third kappa shape index (κ3) is 4.22. The molecule has 136 valence electrons. The number of hydrogen-bond donors (Lipinski definition) is 1. The lowest BCUT2D eigenvalue weighted by Crippen LogP contribution is -2.48. The molecule has 1 saturated heterocycles. The van der Waals surface area contributed by atoms with Gasteiger partial charge in [0.2, 0.25) is 0 Å². The molecule has 0 radical (unpaired) electrons. The summed E-state index contributed by atoms with van der Waals surface area (Å²) < 4.78 is 38.8. The van der Waals surface area contributed by atoms with Crippen molar-refractivity contribution in [2.75, 3.05) is 31.3 Å². The maximum Gasteiger partial charge on any atom is 0.338 e. The summed E-state index contributed by atoms with van der Waals surface area (Å²) in [7, 11) is -3.13. The lowest BCUT2D eigenvalue weighted by molar-refractivity contribution is -0.125. The van der Waals surface area contributed by atoms with Crippen LogP contribution in [-0.2, 0) is 19.4 Å². The van der Waals surface area contributed by atoms with Crippen LogP contribution in [0.2, 0.25) is 0 Å². The number of carbonyl (C=O) groups excluding carboxylic acids is 2. The fourth-order valence-electron chi connectivity index (χ4n) is 2.87. The standard InChI is InChI=1S/C16H19NO7S/c1-16(4-7-25(20,21)10-16)17-14(18)9-24-15(19)11-2-3-12-13(8-11)23-6-5-22-12/h2-3,8H,4-7,9-10H2,1H3,(H,17,18)/t16-/m0/s1. The SMILES string of the molecule is C[C@]1(NC(=O)COC(=O)c2ccc3c(c2)OCCO3)CCS(=O)(=O)C1. The van der Waals surface area contributed by atoms with Crippen molar-refractivity contribution in [2.45, 2.75) is 18.9 Å². The second-order valence-electron chi connectivity index (χ2n) is 6.39. The fourth-order valence-corrected chi connectivity index (χ4v) is 4.96. The van der Waals surface area contributed by atoms with Gasteiger partial charge < -0.3 is 19.5 Å². The minimum Gasteiger partial charge on any atom is -0.486 e. The van der Waals surface area contributed by atoms with Crippen LogP contribution in [-0.4, -0.2) is 57.2 Å². The molecule has 0 saturated carbocycles. The second kappa shape index (κ2) is 6.55. The maximum atomic E-state index is 12.1. The van der Waals surface area contributed by atoms with Gasteiger partial charge in [0.15, 0.2) is 27.9 Å². The van der Waals surface area contributed by atoms with Crippen molar-refractivity contribution in [3.05, 3.63) is 23.8 Å². The first kappa shape index (κ1) is 17.5. The number of fused-ring (bicyclic) bond motifs is 1. The summed E-state index contributed by atoms with van der Waals surface area (Å²) in [6.45, 7) is 2.03. The number of benzene rings is 1. The fraction of sp³-hybridized carbons (Fsp3) is 0.500. The van der Waals surface area contributed by atoms with Gasteiger partial charge in [-0.25, -0.2) is 13.2 Å². The molecule has 1 aromatic rings. The Labute approximate surface area is 145 Å². The van der Waals surface area contributed by atoms with Crippen LogP contribution < -0.4 is 14.8 Å². The molecule has 1 fully saturated rings. The number of rotatable bonds is 4. The highest BCUT2D eigenvalue weighted by atomic mass is 32.2. The van der Waals surface area contributed by atoms with Crippen LogP contribution in [0.15, 0.2) is 18.2 Å². The highest BCUT2D eigenvalue weighted by Crippen LogP contribution is 2.31. The Balaban J connectivity index is 1.54. The highest BCUT2D eigenvalue weighted by Gasteiger charge is 2.39. The predicted octanol–water partition coefficient (Wildman–Crippen LogP) is 0.308. The van der Waals surface area contributed by atoms with Gasteiger partial charge in [-0.15, -0.1) is 0 Å². The molecule has 1 amide bonds. The van der Waals surface area contributed by atoms with Gasteiger partial charge in [0.1, 0.15) is 13.2 Å². The third-order valence-corrected chi connectivity index (χ3v) is 5.96. The largest absolute Gasteiger partial charge is 0.486 e. The van der Waals surface area contributed by atoms with E-state index in [0.29, 0.717) is 31.1 Å². The lowest BCUT2D eigenvalue weighted by Gasteiger charge is -2.23. The highest BCUT2D eigenvalue weighted by molar-refractivity contribution is 7.91. The molecule has 9 heteroatoms. The molecular formula is C16H19NO7S. The first-order chi connectivity index (χ1) is 11.8. The molecule has 25 heavy (non-hydrogen) atoms. The second-order valence-corrected chi connectivity index (χ2v) is 8.57. The smallest absolute Gasteiger partial charge is 0.338 e.